The lowest BCUT2D eigenvalue weighted by atomic mass is 9.66. The Balaban J connectivity index is 1.94. The van der Waals surface area contributed by atoms with Crippen LogP contribution in [0.15, 0.2) is 12.1 Å². The molecule has 0 spiro atoms. The fourth-order valence-corrected chi connectivity index (χ4v) is 4.51. The zero-order valence-electron chi connectivity index (χ0n) is 14.6. The predicted octanol–water partition coefficient (Wildman–Crippen LogP) is 4.54. The Hall–Kier alpha value is -1.22. The highest BCUT2D eigenvalue weighted by atomic mass is 16.5. The number of hydrogen-bond donors (Lipinski definition) is 2. The largest absolute Gasteiger partial charge is 0.508 e. The van der Waals surface area contributed by atoms with Gasteiger partial charge in [0.25, 0.3) is 0 Å². The molecule has 1 aliphatic carbocycles. The Morgan fingerprint density at radius 3 is 2.74 bits per heavy atom. The molecule has 1 aromatic carbocycles. The van der Waals surface area contributed by atoms with Gasteiger partial charge in [-0.25, -0.2) is 0 Å². The van der Waals surface area contributed by atoms with Crippen LogP contribution in [0.1, 0.15) is 76.3 Å². The summed E-state index contributed by atoms with van der Waals surface area (Å²) in [6.07, 6.45) is 6.78. The van der Waals surface area contributed by atoms with Crippen molar-refractivity contribution in [3.05, 3.63) is 23.3 Å². The Bertz CT molecular complexity index is 564. The van der Waals surface area contributed by atoms with Gasteiger partial charge >= 0.3 is 0 Å². The van der Waals surface area contributed by atoms with Gasteiger partial charge in [-0.05, 0) is 63.6 Å². The Morgan fingerprint density at radius 2 is 2.00 bits per heavy atom. The van der Waals surface area contributed by atoms with Crippen LogP contribution < -0.4 is 4.74 Å². The molecule has 1 aromatic rings. The third kappa shape index (κ3) is 3.21. The quantitative estimate of drug-likeness (QED) is 0.801. The molecule has 0 unspecified atom stereocenters. The van der Waals surface area contributed by atoms with Crippen molar-refractivity contribution in [1.82, 2.24) is 0 Å². The highest BCUT2D eigenvalue weighted by Gasteiger charge is 2.47. The number of aryl methyl sites for hydroxylation is 1. The minimum absolute atomic E-state index is 0.196. The molecule has 1 fully saturated rings. The van der Waals surface area contributed by atoms with Crippen molar-refractivity contribution in [2.45, 2.75) is 83.3 Å². The number of aliphatic hydroxyl groups excluding tert-OH is 1. The van der Waals surface area contributed by atoms with Gasteiger partial charge in [0.1, 0.15) is 17.1 Å². The third-order valence-electron chi connectivity index (χ3n) is 5.71. The molecular formula is C20H30O3. The Morgan fingerprint density at radius 1 is 1.22 bits per heavy atom. The van der Waals surface area contributed by atoms with Crippen molar-refractivity contribution in [2.75, 3.05) is 0 Å². The van der Waals surface area contributed by atoms with Crippen LogP contribution in [0.4, 0.5) is 0 Å². The van der Waals surface area contributed by atoms with Crippen molar-refractivity contribution in [2.24, 2.45) is 5.92 Å². The van der Waals surface area contributed by atoms with Crippen molar-refractivity contribution < 1.29 is 14.9 Å². The van der Waals surface area contributed by atoms with E-state index in [0.29, 0.717) is 11.7 Å². The fourth-order valence-electron chi connectivity index (χ4n) is 4.51. The molecule has 3 rings (SSSR count). The van der Waals surface area contributed by atoms with Crippen molar-refractivity contribution in [3.63, 3.8) is 0 Å². The molecular weight excluding hydrogens is 288 g/mol. The van der Waals surface area contributed by atoms with Crippen LogP contribution in [-0.4, -0.2) is 21.9 Å². The van der Waals surface area contributed by atoms with Crippen LogP contribution in [-0.2, 0) is 6.42 Å². The lowest BCUT2D eigenvalue weighted by Crippen LogP contribution is -2.47. The average molecular weight is 318 g/mol. The van der Waals surface area contributed by atoms with Crippen molar-refractivity contribution in [3.8, 4) is 11.5 Å². The number of rotatable bonds is 4. The normalized spacial score (nSPS) is 28.6. The van der Waals surface area contributed by atoms with Gasteiger partial charge in [-0.15, -0.1) is 0 Å². The summed E-state index contributed by atoms with van der Waals surface area (Å²) >= 11 is 0. The van der Waals surface area contributed by atoms with E-state index < -0.39 is 0 Å². The summed E-state index contributed by atoms with van der Waals surface area (Å²) < 4.78 is 6.31. The maximum atomic E-state index is 10.6. The summed E-state index contributed by atoms with van der Waals surface area (Å²) in [5, 5.41) is 20.7. The number of hydrogen-bond acceptors (Lipinski definition) is 3. The van der Waals surface area contributed by atoms with Crippen molar-refractivity contribution >= 4 is 0 Å². The van der Waals surface area contributed by atoms with Crippen LogP contribution in [0.3, 0.4) is 0 Å². The van der Waals surface area contributed by atoms with Gasteiger partial charge in [0.2, 0.25) is 0 Å². The third-order valence-corrected chi connectivity index (χ3v) is 5.71. The SMILES string of the molecule is CCCCCc1cc(O)c2c(c1)OC(C)(C)[C@@H]1CC[C@@H](O)C[C@@H]21. The van der Waals surface area contributed by atoms with Gasteiger partial charge in [-0.2, -0.15) is 0 Å². The first-order chi connectivity index (χ1) is 10.9. The van der Waals surface area contributed by atoms with Gasteiger partial charge in [0, 0.05) is 17.4 Å². The zero-order chi connectivity index (χ0) is 16.6. The van der Waals surface area contributed by atoms with Crippen LogP contribution in [0, 0.1) is 5.92 Å². The van der Waals surface area contributed by atoms with Gasteiger partial charge < -0.3 is 14.9 Å². The molecule has 1 aliphatic heterocycles. The van der Waals surface area contributed by atoms with E-state index in [9.17, 15) is 10.2 Å². The van der Waals surface area contributed by atoms with E-state index in [-0.39, 0.29) is 17.6 Å². The number of aromatic hydroxyl groups is 1. The van der Waals surface area contributed by atoms with Gasteiger partial charge in [0.05, 0.1) is 6.10 Å². The maximum absolute atomic E-state index is 10.6. The minimum atomic E-state index is -0.262. The molecule has 2 N–H and O–H groups in total. The summed E-state index contributed by atoms with van der Waals surface area (Å²) in [6, 6.07) is 4.03. The van der Waals surface area contributed by atoms with Crippen LogP contribution >= 0.6 is 0 Å². The topological polar surface area (TPSA) is 49.7 Å². The van der Waals surface area contributed by atoms with Crippen LogP contribution in [0.2, 0.25) is 0 Å². The Labute approximate surface area is 139 Å². The second-order valence-corrected chi connectivity index (χ2v) is 7.87. The zero-order valence-corrected chi connectivity index (χ0v) is 14.6. The van der Waals surface area contributed by atoms with E-state index >= 15 is 0 Å². The number of fused-ring (bicyclic) bond motifs is 3. The maximum Gasteiger partial charge on any atom is 0.127 e. The lowest BCUT2D eigenvalue weighted by molar-refractivity contribution is -0.0317. The lowest BCUT2D eigenvalue weighted by Gasteiger charge is -2.48. The van der Waals surface area contributed by atoms with Gasteiger partial charge in [-0.1, -0.05) is 19.8 Å². The van der Waals surface area contributed by atoms with E-state index in [1.165, 1.54) is 12.8 Å². The summed E-state index contributed by atoms with van der Waals surface area (Å²) in [5.74, 6) is 1.74. The van der Waals surface area contributed by atoms with Crippen molar-refractivity contribution in [1.29, 1.82) is 0 Å². The van der Waals surface area contributed by atoms with E-state index in [1.54, 1.807) is 0 Å². The number of ether oxygens (including phenoxy) is 1. The molecule has 128 valence electrons. The number of phenols is 1. The molecule has 3 atom stereocenters. The molecule has 0 bridgehead atoms. The average Bonchev–Trinajstić information content (AvgIpc) is 2.46. The summed E-state index contributed by atoms with van der Waals surface area (Å²) in [4.78, 5) is 0. The van der Waals surface area contributed by atoms with E-state index in [1.807, 2.05) is 6.07 Å². The molecule has 3 heteroatoms. The standard InChI is InChI=1S/C20H30O3/c1-4-5-6-7-13-10-17(22)19-15-12-14(21)8-9-16(15)20(2,3)23-18(19)11-13/h10-11,14-16,21-22H,4-9,12H2,1-3H3/t14-,15-,16-/m1/s1. The molecule has 1 heterocycles. The monoisotopic (exact) mass is 318 g/mol. The van der Waals surface area contributed by atoms with Gasteiger partial charge in [0.15, 0.2) is 0 Å². The molecule has 1 saturated carbocycles. The van der Waals surface area contributed by atoms with E-state index in [4.69, 9.17) is 4.74 Å². The predicted molar refractivity (Wildman–Crippen MR) is 92.1 cm³/mol. The van der Waals surface area contributed by atoms with E-state index in [2.05, 4.69) is 26.8 Å². The van der Waals surface area contributed by atoms with E-state index in [0.717, 1.165) is 49.0 Å². The second kappa shape index (κ2) is 6.35. The highest BCUT2D eigenvalue weighted by molar-refractivity contribution is 5.52. The number of unbranched alkanes of at least 4 members (excludes halogenated alkanes) is 2. The molecule has 2 aliphatic rings. The molecule has 0 saturated heterocycles. The Kier molecular flexibility index (Phi) is 4.59. The smallest absolute Gasteiger partial charge is 0.127 e. The first kappa shape index (κ1) is 16.6. The second-order valence-electron chi connectivity index (χ2n) is 7.87. The number of aliphatic hydroxyl groups is 1. The number of phenolic OH excluding ortho intramolecular Hbond substituents is 1. The highest BCUT2D eigenvalue weighted by Crippen LogP contribution is 2.54. The first-order valence-electron chi connectivity index (χ1n) is 9.15. The fraction of sp³-hybridized carbons (Fsp3) is 0.700. The molecule has 0 aromatic heterocycles. The molecule has 23 heavy (non-hydrogen) atoms. The summed E-state index contributed by atoms with van der Waals surface area (Å²) in [6.45, 7) is 6.49. The molecule has 0 amide bonds. The van der Waals surface area contributed by atoms with Gasteiger partial charge in [-0.3, -0.25) is 0 Å². The van der Waals surface area contributed by atoms with Crippen LogP contribution in [0.25, 0.3) is 0 Å². The molecule has 3 nitrogen and oxygen atoms in total. The minimum Gasteiger partial charge on any atom is -0.508 e. The molecule has 0 radical (unpaired) electrons. The first-order valence-corrected chi connectivity index (χ1v) is 9.15. The summed E-state index contributed by atoms with van der Waals surface area (Å²) in [7, 11) is 0. The summed E-state index contributed by atoms with van der Waals surface area (Å²) in [5.41, 5.74) is 1.83. The van der Waals surface area contributed by atoms with Crippen LogP contribution in [0.5, 0.6) is 11.5 Å². The number of benzene rings is 1.